The van der Waals surface area contributed by atoms with Crippen LogP contribution in [0.3, 0.4) is 0 Å². The van der Waals surface area contributed by atoms with Crippen LogP contribution in [-0.4, -0.2) is 51.4 Å². The van der Waals surface area contributed by atoms with Crippen molar-refractivity contribution in [1.82, 2.24) is 10.2 Å². The molecule has 0 unspecified atom stereocenters. The Morgan fingerprint density at radius 3 is 2.16 bits per heavy atom. The zero-order valence-electron chi connectivity index (χ0n) is 22.5. The molecule has 0 aromatic heterocycles. The summed E-state index contributed by atoms with van der Waals surface area (Å²) < 4.78 is 34.0. The van der Waals surface area contributed by atoms with Crippen molar-refractivity contribution in [1.29, 1.82) is 0 Å². The van der Waals surface area contributed by atoms with Gasteiger partial charge in [0.1, 0.15) is 18.3 Å². The van der Waals surface area contributed by atoms with E-state index >= 15 is 0 Å². The van der Waals surface area contributed by atoms with Crippen molar-refractivity contribution in [3.63, 3.8) is 0 Å². The van der Waals surface area contributed by atoms with Gasteiger partial charge in [0, 0.05) is 13.1 Å². The summed E-state index contributed by atoms with van der Waals surface area (Å²) >= 11 is 0. The Labute approximate surface area is 225 Å². The number of aryl methyl sites for hydroxylation is 2. The Morgan fingerprint density at radius 1 is 0.947 bits per heavy atom. The number of rotatable bonds is 11. The lowest BCUT2D eigenvalue weighted by Crippen LogP contribution is -2.51. The molecule has 0 saturated carbocycles. The molecule has 0 saturated heterocycles. The fourth-order valence-electron chi connectivity index (χ4n) is 4.03. The average molecular weight is 538 g/mol. The molecule has 0 bridgehead atoms. The summed E-state index contributed by atoms with van der Waals surface area (Å²) in [5.41, 5.74) is 2.80. The van der Waals surface area contributed by atoms with E-state index in [-0.39, 0.29) is 17.3 Å². The molecular formula is C29H35N3O5S. The fourth-order valence-corrected chi connectivity index (χ4v) is 5.50. The van der Waals surface area contributed by atoms with Crippen LogP contribution in [-0.2, 0) is 26.2 Å². The molecule has 0 spiro atoms. The minimum atomic E-state index is -4.09. The molecule has 3 aromatic rings. The Morgan fingerprint density at radius 2 is 1.58 bits per heavy atom. The summed E-state index contributed by atoms with van der Waals surface area (Å²) in [6.45, 7) is 7.16. The summed E-state index contributed by atoms with van der Waals surface area (Å²) in [6.07, 6.45) is 0. The van der Waals surface area contributed by atoms with Crippen LogP contribution in [0.4, 0.5) is 5.69 Å². The first-order valence-corrected chi connectivity index (χ1v) is 13.9. The number of methoxy groups -OCH3 is 1. The van der Waals surface area contributed by atoms with Crippen molar-refractivity contribution < 1.29 is 22.7 Å². The summed E-state index contributed by atoms with van der Waals surface area (Å²) in [7, 11) is -2.53. The highest BCUT2D eigenvalue weighted by Crippen LogP contribution is 2.27. The van der Waals surface area contributed by atoms with Crippen LogP contribution in [0.1, 0.15) is 30.5 Å². The molecule has 0 radical (unpaired) electrons. The van der Waals surface area contributed by atoms with Crippen LogP contribution in [0.15, 0.2) is 77.7 Å². The number of para-hydroxylation sites is 1. The molecule has 0 fully saturated rings. The van der Waals surface area contributed by atoms with Gasteiger partial charge in [0.15, 0.2) is 0 Å². The molecular weight excluding hydrogens is 502 g/mol. The molecule has 0 aliphatic carbocycles. The summed E-state index contributed by atoms with van der Waals surface area (Å²) in [6, 6.07) is 19.9. The Hall–Kier alpha value is -3.85. The van der Waals surface area contributed by atoms with Gasteiger partial charge in [-0.25, -0.2) is 8.42 Å². The number of hydrogen-bond acceptors (Lipinski definition) is 5. The zero-order chi connectivity index (χ0) is 27.9. The molecule has 3 rings (SSSR count). The molecule has 3 aromatic carbocycles. The third-order valence-corrected chi connectivity index (χ3v) is 8.08. The molecule has 38 heavy (non-hydrogen) atoms. The zero-order valence-corrected chi connectivity index (χ0v) is 23.3. The lowest BCUT2D eigenvalue weighted by atomic mass is 10.1. The number of nitrogens with zero attached hydrogens (tertiary/aromatic N) is 2. The van der Waals surface area contributed by atoms with Crippen LogP contribution < -0.4 is 14.4 Å². The van der Waals surface area contributed by atoms with Gasteiger partial charge in [0.05, 0.1) is 17.7 Å². The minimum Gasteiger partial charge on any atom is -0.497 e. The lowest BCUT2D eigenvalue weighted by molar-refractivity contribution is -0.139. The fraction of sp³-hybridized carbons (Fsp3) is 0.310. The number of ether oxygens (including phenoxy) is 1. The summed E-state index contributed by atoms with van der Waals surface area (Å²) in [5.74, 6) is -0.157. The first-order chi connectivity index (χ1) is 18.1. The van der Waals surface area contributed by atoms with Gasteiger partial charge in [0.25, 0.3) is 10.0 Å². The normalized spacial score (nSPS) is 11.9. The first kappa shape index (κ1) is 28.7. The molecule has 9 heteroatoms. The highest BCUT2D eigenvalue weighted by Gasteiger charge is 2.33. The number of carbonyl (C=O) groups excluding carboxylic acids is 2. The maximum Gasteiger partial charge on any atom is 0.264 e. The van der Waals surface area contributed by atoms with Crippen molar-refractivity contribution in [2.45, 2.75) is 45.2 Å². The quantitative estimate of drug-likeness (QED) is 0.398. The predicted octanol–water partition coefficient (Wildman–Crippen LogP) is 4.06. The van der Waals surface area contributed by atoms with Gasteiger partial charge in [0.2, 0.25) is 11.8 Å². The number of likely N-dealkylation sites (N-methyl/N-ethyl adjacent to an activating group) is 1. The second-order valence-electron chi connectivity index (χ2n) is 9.05. The van der Waals surface area contributed by atoms with Crippen LogP contribution in [0.5, 0.6) is 5.75 Å². The van der Waals surface area contributed by atoms with Crippen LogP contribution in [0.2, 0.25) is 0 Å². The van der Waals surface area contributed by atoms with Gasteiger partial charge in [-0.15, -0.1) is 0 Å². The van der Waals surface area contributed by atoms with Gasteiger partial charge in [-0.2, -0.15) is 0 Å². The second-order valence-corrected chi connectivity index (χ2v) is 10.9. The van der Waals surface area contributed by atoms with Crippen molar-refractivity contribution in [3.05, 3.63) is 89.5 Å². The van der Waals surface area contributed by atoms with Crippen molar-refractivity contribution in [3.8, 4) is 5.75 Å². The van der Waals surface area contributed by atoms with E-state index in [4.69, 9.17) is 4.74 Å². The molecule has 1 atom stereocenters. The van der Waals surface area contributed by atoms with Gasteiger partial charge in [-0.1, -0.05) is 48.0 Å². The van der Waals surface area contributed by atoms with E-state index in [2.05, 4.69) is 5.32 Å². The molecule has 0 aliphatic heterocycles. The lowest BCUT2D eigenvalue weighted by Gasteiger charge is -2.32. The largest absolute Gasteiger partial charge is 0.497 e. The molecule has 202 valence electrons. The SMILES string of the molecule is CCNC(=O)[C@H](C)N(Cc1ccc(OC)cc1)C(=O)CN(c1ccccc1C)S(=O)(=O)c1ccc(C)cc1. The number of hydrogen-bond donors (Lipinski definition) is 1. The summed E-state index contributed by atoms with van der Waals surface area (Å²) in [5, 5.41) is 2.76. The van der Waals surface area contributed by atoms with E-state index in [1.165, 1.54) is 17.0 Å². The van der Waals surface area contributed by atoms with E-state index in [0.717, 1.165) is 15.4 Å². The number of amides is 2. The van der Waals surface area contributed by atoms with E-state index in [1.54, 1.807) is 70.3 Å². The van der Waals surface area contributed by atoms with Gasteiger partial charge in [-0.3, -0.25) is 13.9 Å². The summed E-state index contributed by atoms with van der Waals surface area (Å²) in [4.78, 5) is 28.1. The Kier molecular flexibility index (Phi) is 9.52. The monoisotopic (exact) mass is 537 g/mol. The molecule has 0 heterocycles. The minimum absolute atomic E-state index is 0.0811. The third-order valence-electron chi connectivity index (χ3n) is 6.30. The van der Waals surface area contributed by atoms with Gasteiger partial charge >= 0.3 is 0 Å². The van der Waals surface area contributed by atoms with Crippen molar-refractivity contribution in [2.75, 3.05) is 24.5 Å². The van der Waals surface area contributed by atoms with Gasteiger partial charge in [-0.05, 0) is 69.2 Å². The molecule has 2 amide bonds. The van der Waals surface area contributed by atoms with Crippen molar-refractivity contribution in [2.24, 2.45) is 0 Å². The highest BCUT2D eigenvalue weighted by molar-refractivity contribution is 7.92. The van der Waals surface area contributed by atoms with E-state index < -0.39 is 28.5 Å². The standard InChI is InChI=1S/C29H35N3O5S/c1-6-30-29(34)23(4)31(19-24-13-15-25(37-5)16-14-24)28(33)20-32(27-10-8-7-9-22(27)3)38(35,36)26-17-11-21(2)12-18-26/h7-18,23H,6,19-20H2,1-5H3,(H,30,34)/t23-/m0/s1. The number of anilines is 1. The smallest absolute Gasteiger partial charge is 0.264 e. The molecule has 1 N–H and O–H groups in total. The topological polar surface area (TPSA) is 96.0 Å². The van der Waals surface area contributed by atoms with E-state index in [9.17, 15) is 18.0 Å². The number of sulfonamides is 1. The molecule has 0 aliphatic rings. The number of benzene rings is 3. The van der Waals surface area contributed by atoms with E-state index in [1.807, 2.05) is 25.1 Å². The van der Waals surface area contributed by atoms with Crippen LogP contribution in [0.25, 0.3) is 0 Å². The highest BCUT2D eigenvalue weighted by atomic mass is 32.2. The van der Waals surface area contributed by atoms with E-state index in [0.29, 0.717) is 23.5 Å². The Bertz CT molecular complexity index is 1360. The maximum atomic E-state index is 13.9. The van der Waals surface area contributed by atoms with Gasteiger partial charge < -0.3 is 15.0 Å². The molecule has 8 nitrogen and oxygen atoms in total. The second kappa shape index (κ2) is 12.6. The average Bonchev–Trinajstić information content (AvgIpc) is 2.91. The first-order valence-electron chi connectivity index (χ1n) is 12.4. The predicted molar refractivity (Wildman–Crippen MR) is 149 cm³/mol. The Balaban J connectivity index is 2.03. The van der Waals surface area contributed by atoms with Crippen LogP contribution in [0, 0.1) is 13.8 Å². The number of nitrogens with one attached hydrogen (secondary N) is 1. The third kappa shape index (κ3) is 6.72. The number of carbonyl (C=O) groups is 2. The van der Waals surface area contributed by atoms with Crippen molar-refractivity contribution >= 4 is 27.5 Å². The van der Waals surface area contributed by atoms with Crippen LogP contribution >= 0.6 is 0 Å². The maximum absolute atomic E-state index is 13.9.